The van der Waals surface area contributed by atoms with Crippen LogP contribution in [0.1, 0.15) is 37.0 Å². The predicted octanol–water partition coefficient (Wildman–Crippen LogP) is 3.11. The second-order valence-corrected chi connectivity index (χ2v) is 4.63. The number of rotatable bonds is 7. The molecular weight excluding hydrogens is 250 g/mol. The Morgan fingerprint density at radius 1 is 1.47 bits per heavy atom. The van der Waals surface area contributed by atoms with Crippen LogP contribution in [0, 0.1) is 16.0 Å². The highest BCUT2D eigenvalue weighted by atomic mass is 16.6. The fourth-order valence-corrected chi connectivity index (χ4v) is 1.59. The van der Waals surface area contributed by atoms with Crippen LogP contribution < -0.4 is 4.74 Å². The summed E-state index contributed by atoms with van der Waals surface area (Å²) < 4.78 is 5.33. The first-order chi connectivity index (χ1) is 8.91. The van der Waals surface area contributed by atoms with E-state index in [-0.39, 0.29) is 17.0 Å². The molecule has 0 spiro atoms. The highest BCUT2D eigenvalue weighted by Gasteiger charge is 2.17. The van der Waals surface area contributed by atoms with E-state index in [1.54, 1.807) is 0 Å². The number of benzene rings is 1. The molecule has 104 valence electrons. The summed E-state index contributed by atoms with van der Waals surface area (Å²) in [6, 6.07) is 3.54. The van der Waals surface area contributed by atoms with Crippen LogP contribution in [0.15, 0.2) is 18.2 Å². The SMILES string of the molecule is CC(C)CCCOc1cc(C(=O)O)ccc1[N+](=O)[O-]. The second kappa shape index (κ2) is 6.72. The third-order valence-corrected chi connectivity index (χ3v) is 2.59. The Kier molecular flexibility index (Phi) is 5.29. The van der Waals surface area contributed by atoms with Gasteiger partial charge in [0, 0.05) is 12.1 Å². The number of nitro groups is 1. The first-order valence-corrected chi connectivity index (χ1v) is 6.06. The van der Waals surface area contributed by atoms with Crippen molar-refractivity contribution in [1.29, 1.82) is 0 Å². The van der Waals surface area contributed by atoms with Crippen molar-refractivity contribution >= 4 is 11.7 Å². The van der Waals surface area contributed by atoms with Crippen LogP contribution >= 0.6 is 0 Å². The summed E-state index contributed by atoms with van der Waals surface area (Å²) in [5, 5.41) is 19.7. The maximum Gasteiger partial charge on any atom is 0.335 e. The number of carbonyl (C=O) groups is 1. The zero-order valence-corrected chi connectivity index (χ0v) is 11.0. The first kappa shape index (κ1) is 14.9. The molecule has 0 amide bonds. The average Bonchev–Trinajstić information content (AvgIpc) is 2.33. The fraction of sp³-hybridized carbons (Fsp3) is 0.462. The van der Waals surface area contributed by atoms with E-state index in [4.69, 9.17) is 9.84 Å². The summed E-state index contributed by atoms with van der Waals surface area (Å²) in [4.78, 5) is 21.1. The standard InChI is InChI=1S/C13H17NO5/c1-9(2)4-3-7-19-12-8-10(13(15)16)5-6-11(12)14(17)18/h5-6,8-9H,3-4,7H2,1-2H3,(H,15,16). The molecule has 0 aliphatic rings. The largest absolute Gasteiger partial charge is 0.487 e. The molecule has 1 aromatic carbocycles. The van der Waals surface area contributed by atoms with E-state index < -0.39 is 10.9 Å². The first-order valence-electron chi connectivity index (χ1n) is 6.06. The summed E-state index contributed by atoms with van der Waals surface area (Å²) in [5.41, 5.74) is -0.237. The molecular formula is C13H17NO5. The summed E-state index contributed by atoms with van der Waals surface area (Å²) in [7, 11) is 0. The molecule has 0 radical (unpaired) electrons. The van der Waals surface area contributed by atoms with Crippen LogP contribution in [0.5, 0.6) is 5.75 Å². The maximum absolute atomic E-state index is 10.8. The van der Waals surface area contributed by atoms with Crippen molar-refractivity contribution in [3.63, 3.8) is 0 Å². The number of ether oxygens (including phenoxy) is 1. The van der Waals surface area contributed by atoms with Crippen molar-refractivity contribution in [3.8, 4) is 5.75 Å². The third kappa shape index (κ3) is 4.57. The molecule has 0 heterocycles. The topological polar surface area (TPSA) is 89.7 Å². The lowest BCUT2D eigenvalue weighted by Gasteiger charge is -2.08. The van der Waals surface area contributed by atoms with Gasteiger partial charge < -0.3 is 9.84 Å². The molecule has 0 bridgehead atoms. The van der Waals surface area contributed by atoms with Crippen LogP contribution in [-0.2, 0) is 0 Å². The zero-order valence-electron chi connectivity index (χ0n) is 11.0. The normalized spacial score (nSPS) is 10.5. The number of carboxylic acid groups (broad SMARTS) is 1. The van der Waals surface area contributed by atoms with Gasteiger partial charge in [0.1, 0.15) is 0 Å². The van der Waals surface area contributed by atoms with Crippen LogP contribution in [0.25, 0.3) is 0 Å². The highest BCUT2D eigenvalue weighted by molar-refractivity contribution is 5.88. The Hall–Kier alpha value is -2.11. The van der Waals surface area contributed by atoms with Gasteiger partial charge in [0.2, 0.25) is 0 Å². The molecule has 0 aliphatic heterocycles. The molecule has 0 aliphatic carbocycles. The van der Waals surface area contributed by atoms with E-state index in [2.05, 4.69) is 13.8 Å². The third-order valence-electron chi connectivity index (χ3n) is 2.59. The predicted molar refractivity (Wildman–Crippen MR) is 69.6 cm³/mol. The second-order valence-electron chi connectivity index (χ2n) is 4.63. The van der Waals surface area contributed by atoms with Gasteiger partial charge in [-0.05, 0) is 24.8 Å². The molecule has 6 nitrogen and oxygen atoms in total. The average molecular weight is 267 g/mol. The smallest absolute Gasteiger partial charge is 0.335 e. The van der Waals surface area contributed by atoms with Crippen LogP contribution in [-0.4, -0.2) is 22.6 Å². The number of aromatic carboxylic acids is 1. The molecule has 1 aromatic rings. The van der Waals surface area contributed by atoms with E-state index >= 15 is 0 Å². The van der Waals surface area contributed by atoms with E-state index in [0.717, 1.165) is 18.9 Å². The van der Waals surface area contributed by atoms with Gasteiger partial charge in [0.25, 0.3) is 0 Å². The van der Waals surface area contributed by atoms with E-state index in [0.29, 0.717) is 12.5 Å². The van der Waals surface area contributed by atoms with Gasteiger partial charge in [0.05, 0.1) is 17.1 Å². The molecule has 1 rings (SSSR count). The minimum atomic E-state index is -1.14. The van der Waals surface area contributed by atoms with Crippen molar-refractivity contribution in [2.24, 2.45) is 5.92 Å². The van der Waals surface area contributed by atoms with Crippen LogP contribution in [0.3, 0.4) is 0 Å². The Balaban J connectivity index is 2.80. The minimum Gasteiger partial charge on any atom is -0.487 e. The number of nitro benzene ring substituents is 1. The molecule has 1 N–H and O–H groups in total. The molecule has 19 heavy (non-hydrogen) atoms. The van der Waals surface area contributed by atoms with Crippen molar-refractivity contribution in [1.82, 2.24) is 0 Å². The number of hydrogen-bond acceptors (Lipinski definition) is 4. The Labute approximate surface area is 111 Å². The number of hydrogen-bond donors (Lipinski definition) is 1. The number of carboxylic acids is 1. The van der Waals surface area contributed by atoms with Gasteiger partial charge in [-0.25, -0.2) is 4.79 Å². The molecule has 0 fully saturated rings. The van der Waals surface area contributed by atoms with Gasteiger partial charge in [0.15, 0.2) is 5.75 Å². The minimum absolute atomic E-state index is 0.00801. The van der Waals surface area contributed by atoms with Crippen molar-refractivity contribution in [3.05, 3.63) is 33.9 Å². The molecule has 0 atom stereocenters. The van der Waals surface area contributed by atoms with Gasteiger partial charge in [-0.15, -0.1) is 0 Å². The highest BCUT2D eigenvalue weighted by Crippen LogP contribution is 2.28. The van der Waals surface area contributed by atoms with Gasteiger partial charge >= 0.3 is 11.7 Å². The lowest BCUT2D eigenvalue weighted by Crippen LogP contribution is -2.04. The summed E-state index contributed by atoms with van der Waals surface area (Å²) in [5.74, 6) is -0.598. The van der Waals surface area contributed by atoms with Crippen LogP contribution in [0.4, 0.5) is 5.69 Å². The lowest BCUT2D eigenvalue weighted by molar-refractivity contribution is -0.385. The zero-order chi connectivity index (χ0) is 14.4. The molecule has 0 saturated carbocycles. The fourth-order valence-electron chi connectivity index (χ4n) is 1.59. The summed E-state index contributed by atoms with van der Waals surface area (Å²) in [6.45, 7) is 4.49. The quantitative estimate of drug-likeness (QED) is 0.465. The Morgan fingerprint density at radius 2 is 2.16 bits per heavy atom. The van der Waals surface area contributed by atoms with Crippen molar-refractivity contribution < 1.29 is 19.6 Å². The Morgan fingerprint density at radius 3 is 2.68 bits per heavy atom. The molecule has 0 unspecified atom stereocenters. The van der Waals surface area contributed by atoms with E-state index in [1.807, 2.05) is 0 Å². The van der Waals surface area contributed by atoms with Crippen molar-refractivity contribution in [2.75, 3.05) is 6.61 Å². The van der Waals surface area contributed by atoms with E-state index in [9.17, 15) is 14.9 Å². The summed E-state index contributed by atoms with van der Waals surface area (Å²) in [6.07, 6.45) is 1.72. The monoisotopic (exact) mass is 267 g/mol. The molecule has 0 saturated heterocycles. The molecule has 0 aromatic heterocycles. The van der Waals surface area contributed by atoms with Gasteiger partial charge in [-0.2, -0.15) is 0 Å². The molecule has 6 heteroatoms. The Bertz CT molecular complexity index is 470. The maximum atomic E-state index is 10.8. The van der Waals surface area contributed by atoms with Crippen molar-refractivity contribution in [2.45, 2.75) is 26.7 Å². The van der Waals surface area contributed by atoms with Crippen LogP contribution in [0.2, 0.25) is 0 Å². The van der Waals surface area contributed by atoms with Gasteiger partial charge in [-0.1, -0.05) is 13.8 Å². The van der Waals surface area contributed by atoms with E-state index in [1.165, 1.54) is 12.1 Å². The van der Waals surface area contributed by atoms with Gasteiger partial charge in [-0.3, -0.25) is 10.1 Å². The lowest BCUT2D eigenvalue weighted by atomic mass is 10.1. The summed E-state index contributed by atoms with van der Waals surface area (Å²) >= 11 is 0. The number of nitrogens with zero attached hydrogens (tertiary/aromatic N) is 1.